The molecule has 0 bridgehead atoms. The summed E-state index contributed by atoms with van der Waals surface area (Å²) in [4.78, 5) is 10.8. The molecule has 1 N–H and O–H groups in total. The molecule has 0 radical (unpaired) electrons. The monoisotopic (exact) mass is 362 g/mol. The highest BCUT2D eigenvalue weighted by atomic mass is 16.5. The highest BCUT2D eigenvalue weighted by Gasteiger charge is 2.14. The van der Waals surface area contributed by atoms with Crippen molar-refractivity contribution in [2.24, 2.45) is 0 Å². The van der Waals surface area contributed by atoms with Gasteiger partial charge in [0, 0.05) is 12.8 Å². The van der Waals surface area contributed by atoms with Crippen molar-refractivity contribution in [1.82, 2.24) is 0 Å². The van der Waals surface area contributed by atoms with Gasteiger partial charge in [-0.05, 0) is 26.7 Å². The van der Waals surface area contributed by atoms with Gasteiger partial charge in [-0.2, -0.15) is 0 Å². The highest BCUT2D eigenvalue weighted by Crippen LogP contribution is 2.21. The third kappa shape index (κ3) is 21.5. The zero-order chi connectivity index (χ0) is 19.3. The van der Waals surface area contributed by atoms with E-state index in [1.807, 2.05) is 20.8 Å². The molecular formula is C20H42O5. The molecule has 1 aliphatic carbocycles. The topological polar surface area (TPSA) is 65.0 Å². The summed E-state index contributed by atoms with van der Waals surface area (Å²) in [6, 6.07) is 0. The Labute approximate surface area is 155 Å². The van der Waals surface area contributed by atoms with Gasteiger partial charge in [0.15, 0.2) is 0 Å². The van der Waals surface area contributed by atoms with Crippen molar-refractivity contribution < 1.29 is 24.1 Å². The fourth-order valence-electron chi connectivity index (χ4n) is 2.34. The average molecular weight is 363 g/mol. The normalized spacial score (nSPS) is 14.4. The Hall–Kier alpha value is -0.490. The molecule has 0 saturated heterocycles. The summed E-state index contributed by atoms with van der Waals surface area (Å²) in [5.41, 5.74) is 0. The number of carbonyl (C=O) groups excluding carboxylic acids is 1. The van der Waals surface area contributed by atoms with Crippen molar-refractivity contribution in [2.75, 3.05) is 33.0 Å². The van der Waals surface area contributed by atoms with E-state index in [0.717, 1.165) is 0 Å². The molecule has 1 saturated carbocycles. The quantitative estimate of drug-likeness (QED) is 0.559. The van der Waals surface area contributed by atoms with E-state index >= 15 is 0 Å². The van der Waals surface area contributed by atoms with Gasteiger partial charge in [-0.15, -0.1) is 0 Å². The van der Waals surface area contributed by atoms with Crippen LogP contribution in [0.2, 0.25) is 0 Å². The number of ether oxygens (including phenoxy) is 3. The van der Waals surface area contributed by atoms with Gasteiger partial charge in [0.1, 0.15) is 5.78 Å². The number of aliphatic hydroxyl groups excluding tert-OH is 1. The molecule has 25 heavy (non-hydrogen) atoms. The fourth-order valence-corrected chi connectivity index (χ4v) is 2.34. The number of ketones is 1. The largest absolute Gasteiger partial charge is 0.394 e. The summed E-state index contributed by atoms with van der Waals surface area (Å²) in [6.07, 6.45) is 8.79. The van der Waals surface area contributed by atoms with Crippen LogP contribution in [0.4, 0.5) is 0 Å². The molecule has 5 nitrogen and oxygen atoms in total. The molecular weight excluding hydrogens is 320 g/mol. The van der Waals surface area contributed by atoms with Crippen molar-refractivity contribution in [3.8, 4) is 0 Å². The number of rotatable bonds is 11. The maximum absolute atomic E-state index is 10.8. The summed E-state index contributed by atoms with van der Waals surface area (Å²) in [5.74, 6) is 0.219. The van der Waals surface area contributed by atoms with Crippen molar-refractivity contribution in [1.29, 1.82) is 0 Å². The second-order valence-electron chi connectivity index (χ2n) is 6.04. The van der Waals surface area contributed by atoms with Crippen LogP contribution in [0.3, 0.4) is 0 Å². The van der Waals surface area contributed by atoms with Gasteiger partial charge in [-0.1, -0.05) is 40.0 Å². The average Bonchev–Trinajstić information content (AvgIpc) is 2.63. The van der Waals surface area contributed by atoms with Crippen molar-refractivity contribution in [3.63, 3.8) is 0 Å². The number of aliphatic hydroxyl groups is 1. The minimum Gasteiger partial charge on any atom is -0.394 e. The third-order valence-corrected chi connectivity index (χ3v) is 3.54. The van der Waals surface area contributed by atoms with Gasteiger partial charge < -0.3 is 19.3 Å². The van der Waals surface area contributed by atoms with Gasteiger partial charge >= 0.3 is 0 Å². The molecule has 0 heterocycles. The van der Waals surface area contributed by atoms with Crippen LogP contribution in [0.15, 0.2) is 0 Å². The number of hydrogen-bond donors (Lipinski definition) is 1. The van der Waals surface area contributed by atoms with E-state index in [1.54, 1.807) is 0 Å². The van der Waals surface area contributed by atoms with Crippen LogP contribution in [0.25, 0.3) is 0 Å². The summed E-state index contributed by atoms with van der Waals surface area (Å²) >= 11 is 0. The second-order valence-corrected chi connectivity index (χ2v) is 6.04. The molecule has 0 amide bonds. The molecule has 0 aromatic heterocycles. The minimum absolute atomic E-state index is 0.0360. The Kier molecular flexibility index (Phi) is 23.0. The molecule has 0 aliphatic heterocycles. The molecule has 0 spiro atoms. The Bertz CT molecular complexity index is 263. The SMILES string of the molecule is CC.CC(C)OC1CCCCC1.CCC(=O)CCOCCOCCO. The first-order valence-electron chi connectivity index (χ1n) is 10.0. The van der Waals surface area contributed by atoms with Crippen LogP contribution >= 0.6 is 0 Å². The molecule has 0 aromatic carbocycles. The van der Waals surface area contributed by atoms with Gasteiger partial charge in [-0.3, -0.25) is 4.79 Å². The maximum Gasteiger partial charge on any atom is 0.134 e. The highest BCUT2D eigenvalue weighted by molar-refractivity contribution is 5.78. The number of Topliss-reactive ketones (excluding diaryl/α,β-unsaturated/α-hetero) is 1. The van der Waals surface area contributed by atoms with Gasteiger partial charge in [0.05, 0.1) is 45.2 Å². The summed E-state index contributed by atoms with van der Waals surface area (Å²) in [7, 11) is 0. The molecule has 1 rings (SSSR count). The molecule has 5 heteroatoms. The van der Waals surface area contributed by atoms with Crippen LogP contribution in [0.5, 0.6) is 0 Å². The van der Waals surface area contributed by atoms with E-state index in [1.165, 1.54) is 32.1 Å². The molecule has 0 unspecified atom stereocenters. The zero-order valence-electron chi connectivity index (χ0n) is 17.2. The first-order valence-corrected chi connectivity index (χ1v) is 10.0. The lowest BCUT2D eigenvalue weighted by atomic mass is 9.98. The fraction of sp³-hybridized carbons (Fsp3) is 0.950. The Balaban J connectivity index is 0. The van der Waals surface area contributed by atoms with E-state index in [0.29, 0.717) is 51.5 Å². The molecule has 0 aromatic rings. The van der Waals surface area contributed by atoms with Gasteiger partial charge in [0.25, 0.3) is 0 Å². The van der Waals surface area contributed by atoms with E-state index in [9.17, 15) is 4.79 Å². The Morgan fingerprint density at radius 1 is 1.00 bits per heavy atom. The molecule has 1 aliphatic rings. The lowest BCUT2D eigenvalue weighted by Crippen LogP contribution is -2.20. The van der Waals surface area contributed by atoms with Crippen LogP contribution in [-0.4, -0.2) is 56.1 Å². The van der Waals surface area contributed by atoms with Crippen LogP contribution < -0.4 is 0 Å². The summed E-state index contributed by atoms with van der Waals surface area (Å²) in [5, 5.41) is 8.36. The lowest BCUT2D eigenvalue weighted by molar-refractivity contribution is -0.119. The standard InChI is InChI=1S/C9H18O4.C9H18O.C2H6/c1-2-9(11)3-5-12-7-8-13-6-4-10;1-8(2)10-9-6-4-3-5-7-9;1-2/h10H,2-8H2,1H3;8-9H,3-7H2,1-2H3;1-2H3. The van der Waals surface area contributed by atoms with Gasteiger partial charge in [-0.25, -0.2) is 0 Å². The van der Waals surface area contributed by atoms with E-state index < -0.39 is 0 Å². The van der Waals surface area contributed by atoms with E-state index in [4.69, 9.17) is 19.3 Å². The van der Waals surface area contributed by atoms with Crippen LogP contribution in [-0.2, 0) is 19.0 Å². The van der Waals surface area contributed by atoms with E-state index in [-0.39, 0.29) is 12.4 Å². The molecule has 0 atom stereocenters. The summed E-state index contributed by atoms with van der Waals surface area (Å²) in [6.45, 7) is 11.9. The number of hydrogen-bond acceptors (Lipinski definition) is 5. The van der Waals surface area contributed by atoms with Crippen LogP contribution in [0, 0.1) is 0 Å². The first-order chi connectivity index (χ1) is 12.1. The Morgan fingerprint density at radius 2 is 1.56 bits per heavy atom. The van der Waals surface area contributed by atoms with Crippen molar-refractivity contribution in [2.45, 2.75) is 91.8 Å². The van der Waals surface area contributed by atoms with Crippen LogP contribution in [0.1, 0.15) is 79.6 Å². The van der Waals surface area contributed by atoms with Gasteiger partial charge in [0.2, 0.25) is 0 Å². The predicted molar refractivity (Wildman–Crippen MR) is 103 cm³/mol. The number of carbonyl (C=O) groups is 1. The predicted octanol–water partition coefficient (Wildman–Crippen LogP) is 4.15. The second kappa shape index (κ2) is 21.6. The van der Waals surface area contributed by atoms with E-state index in [2.05, 4.69) is 13.8 Å². The lowest BCUT2D eigenvalue weighted by Gasteiger charge is -2.23. The Morgan fingerprint density at radius 3 is 2.04 bits per heavy atom. The van der Waals surface area contributed by atoms with Crippen molar-refractivity contribution >= 4 is 5.78 Å². The minimum atomic E-state index is 0.0360. The smallest absolute Gasteiger partial charge is 0.134 e. The summed E-state index contributed by atoms with van der Waals surface area (Å²) < 4.78 is 15.8. The van der Waals surface area contributed by atoms with Crippen molar-refractivity contribution in [3.05, 3.63) is 0 Å². The zero-order valence-corrected chi connectivity index (χ0v) is 17.2. The maximum atomic E-state index is 10.8. The molecule has 152 valence electrons. The molecule has 1 fully saturated rings. The first kappa shape index (κ1) is 26.7. The third-order valence-electron chi connectivity index (χ3n) is 3.54.